The number of carbonyl (C=O) groups is 2. The molecule has 0 atom stereocenters. The van der Waals surface area contributed by atoms with Gasteiger partial charge in [-0.15, -0.1) is 10.2 Å². The standard InChI is InChI=1S/C20H20N4O4/c25-17(13-21-18(26)14-5-2-1-3-6-14)24-10-8-15(9-11-24)19-22-23-20(28-19)16-7-4-12-27-16/h1-7,12,15H,8-11,13H2,(H,21,26). The van der Waals surface area contributed by atoms with Gasteiger partial charge in [0.05, 0.1) is 12.8 Å². The third kappa shape index (κ3) is 3.95. The highest BCUT2D eigenvalue weighted by Gasteiger charge is 2.27. The Morgan fingerprint density at radius 1 is 1.07 bits per heavy atom. The lowest BCUT2D eigenvalue weighted by Crippen LogP contribution is -2.43. The average Bonchev–Trinajstić information content (AvgIpc) is 3.44. The van der Waals surface area contributed by atoms with Crippen LogP contribution in [0.15, 0.2) is 57.6 Å². The second-order valence-electron chi connectivity index (χ2n) is 6.63. The number of benzene rings is 1. The SMILES string of the molecule is O=C(NCC(=O)N1CCC(c2nnc(-c3ccco3)o2)CC1)c1ccccc1. The van der Waals surface area contributed by atoms with Gasteiger partial charge in [-0.1, -0.05) is 18.2 Å². The van der Waals surface area contributed by atoms with Crippen LogP contribution in [-0.2, 0) is 4.79 Å². The molecule has 0 unspecified atom stereocenters. The molecule has 1 aliphatic rings. The average molecular weight is 380 g/mol. The van der Waals surface area contributed by atoms with Gasteiger partial charge in [0.25, 0.3) is 11.8 Å². The van der Waals surface area contributed by atoms with E-state index in [0.717, 1.165) is 12.8 Å². The molecule has 3 heterocycles. The van der Waals surface area contributed by atoms with Gasteiger partial charge >= 0.3 is 0 Å². The lowest BCUT2D eigenvalue weighted by Gasteiger charge is -2.30. The maximum Gasteiger partial charge on any atom is 0.283 e. The Kier molecular flexibility index (Phi) is 5.18. The summed E-state index contributed by atoms with van der Waals surface area (Å²) in [6.07, 6.45) is 3.02. The number of nitrogens with one attached hydrogen (secondary N) is 1. The molecule has 1 fully saturated rings. The van der Waals surface area contributed by atoms with E-state index in [-0.39, 0.29) is 24.3 Å². The van der Waals surface area contributed by atoms with E-state index in [0.29, 0.717) is 36.2 Å². The minimum Gasteiger partial charge on any atom is -0.459 e. The molecule has 8 heteroatoms. The van der Waals surface area contributed by atoms with E-state index >= 15 is 0 Å². The Morgan fingerprint density at radius 3 is 2.57 bits per heavy atom. The zero-order valence-electron chi connectivity index (χ0n) is 15.2. The van der Waals surface area contributed by atoms with Crippen LogP contribution in [0.4, 0.5) is 0 Å². The largest absolute Gasteiger partial charge is 0.459 e. The summed E-state index contributed by atoms with van der Waals surface area (Å²) in [6, 6.07) is 12.4. The van der Waals surface area contributed by atoms with Crippen molar-refractivity contribution in [3.8, 4) is 11.7 Å². The van der Waals surface area contributed by atoms with Crippen molar-refractivity contribution in [2.24, 2.45) is 0 Å². The third-order valence-electron chi connectivity index (χ3n) is 4.81. The van der Waals surface area contributed by atoms with Crippen molar-refractivity contribution in [2.45, 2.75) is 18.8 Å². The van der Waals surface area contributed by atoms with E-state index in [1.807, 2.05) is 6.07 Å². The first-order chi connectivity index (χ1) is 13.7. The van der Waals surface area contributed by atoms with E-state index in [1.165, 1.54) is 0 Å². The Bertz CT molecular complexity index is 928. The van der Waals surface area contributed by atoms with Crippen LogP contribution in [0.5, 0.6) is 0 Å². The fourth-order valence-electron chi connectivity index (χ4n) is 3.23. The van der Waals surface area contributed by atoms with Crippen LogP contribution < -0.4 is 5.32 Å². The van der Waals surface area contributed by atoms with E-state index in [4.69, 9.17) is 8.83 Å². The summed E-state index contributed by atoms with van der Waals surface area (Å²) in [4.78, 5) is 26.2. The monoisotopic (exact) mass is 380 g/mol. The molecular formula is C20H20N4O4. The van der Waals surface area contributed by atoms with Crippen LogP contribution in [0.2, 0.25) is 0 Å². The topological polar surface area (TPSA) is 101 Å². The molecule has 28 heavy (non-hydrogen) atoms. The molecule has 8 nitrogen and oxygen atoms in total. The number of likely N-dealkylation sites (tertiary alicyclic amines) is 1. The highest BCUT2D eigenvalue weighted by molar-refractivity contribution is 5.96. The van der Waals surface area contributed by atoms with Crippen molar-refractivity contribution in [2.75, 3.05) is 19.6 Å². The van der Waals surface area contributed by atoms with Gasteiger partial charge in [0, 0.05) is 24.6 Å². The lowest BCUT2D eigenvalue weighted by atomic mass is 9.97. The Labute approximate surface area is 161 Å². The van der Waals surface area contributed by atoms with Gasteiger partial charge in [0.2, 0.25) is 11.8 Å². The molecule has 1 N–H and O–H groups in total. The number of nitrogens with zero attached hydrogens (tertiary/aromatic N) is 3. The maximum absolute atomic E-state index is 12.4. The first kappa shape index (κ1) is 18.0. The van der Waals surface area contributed by atoms with Gasteiger partial charge in [-0.3, -0.25) is 9.59 Å². The Balaban J connectivity index is 1.27. The van der Waals surface area contributed by atoms with Crippen LogP contribution in [0, 0.1) is 0 Å². The third-order valence-corrected chi connectivity index (χ3v) is 4.81. The number of piperidine rings is 1. The molecule has 2 amide bonds. The highest BCUT2D eigenvalue weighted by atomic mass is 16.4. The maximum atomic E-state index is 12.4. The normalized spacial score (nSPS) is 14.8. The van der Waals surface area contributed by atoms with Gasteiger partial charge in [-0.05, 0) is 37.1 Å². The summed E-state index contributed by atoms with van der Waals surface area (Å²) < 4.78 is 11.0. The van der Waals surface area contributed by atoms with E-state index in [2.05, 4.69) is 15.5 Å². The molecule has 1 aromatic carbocycles. The number of furan rings is 1. The summed E-state index contributed by atoms with van der Waals surface area (Å²) in [7, 11) is 0. The fourth-order valence-corrected chi connectivity index (χ4v) is 3.23. The Hall–Kier alpha value is -3.42. The molecule has 0 saturated carbocycles. The summed E-state index contributed by atoms with van der Waals surface area (Å²) in [5.41, 5.74) is 0.540. The second-order valence-corrected chi connectivity index (χ2v) is 6.63. The quantitative estimate of drug-likeness (QED) is 0.730. The predicted molar refractivity (Wildman–Crippen MR) is 99.3 cm³/mol. The molecule has 0 radical (unpaired) electrons. The number of aromatic nitrogens is 2. The van der Waals surface area contributed by atoms with Crippen LogP contribution >= 0.6 is 0 Å². The molecule has 0 aliphatic carbocycles. The van der Waals surface area contributed by atoms with Crippen molar-refractivity contribution in [3.05, 3.63) is 60.2 Å². The molecule has 144 valence electrons. The highest BCUT2D eigenvalue weighted by Crippen LogP contribution is 2.29. The van der Waals surface area contributed by atoms with Gasteiger partial charge in [-0.25, -0.2) is 0 Å². The second kappa shape index (κ2) is 8.08. The molecular weight excluding hydrogens is 360 g/mol. The first-order valence-corrected chi connectivity index (χ1v) is 9.19. The molecule has 0 spiro atoms. The summed E-state index contributed by atoms with van der Waals surface area (Å²) >= 11 is 0. The fraction of sp³-hybridized carbons (Fsp3) is 0.300. The van der Waals surface area contributed by atoms with Crippen molar-refractivity contribution in [1.82, 2.24) is 20.4 Å². The molecule has 0 bridgehead atoms. The van der Waals surface area contributed by atoms with Crippen LogP contribution in [0.1, 0.15) is 35.0 Å². The van der Waals surface area contributed by atoms with Gasteiger partial charge in [0.15, 0.2) is 5.76 Å². The van der Waals surface area contributed by atoms with Crippen molar-refractivity contribution in [1.29, 1.82) is 0 Å². The zero-order chi connectivity index (χ0) is 19.3. The molecule has 4 rings (SSSR count). The minimum atomic E-state index is -0.250. The number of rotatable bonds is 5. The van der Waals surface area contributed by atoms with Gasteiger partial charge < -0.3 is 19.1 Å². The molecule has 1 saturated heterocycles. The van der Waals surface area contributed by atoms with Crippen LogP contribution in [-0.4, -0.2) is 46.5 Å². The summed E-state index contributed by atoms with van der Waals surface area (Å²) in [5.74, 6) is 1.24. The summed E-state index contributed by atoms with van der Waals surface area (Å²) in [5, 5.41) is 10.8. The number of carbonyl (C=O) groups excluding carboxylic acids is 2. The van der Waals surface area contributed by atoms with E-state index in [1.54, 1.807) is 47.6 Å². The zero-order valence-corrected chi connectivity index (χ0v) is 15.2. The van der Waals surface area contributed by atoms with Gasteiger partial charge in [-0.2, -0.15) is 0 Å². The van der Waals surface area contributed by atoms with E-state index < -0.39 is 0 Å². The number of amides is 2. The lowest BCUT2D eigenvalue weighted by molar-refractivity contribution is -0.131. The molecule has 2 aromatic heterocycles. The number of hydrogen-bond donors (Lipinski definition) is 1. The minimum absolute atomic E-state index is 0.0123. The molecule has 1 aliphatic heterocycles. The van der Waals surface area contributed by atoms with Gasteiger partial charge in [0.1, 0.15) is 0 Å². The summed E-state index contributed by atoms with van der Waals surface area (Å²) in [6.45, 7) is 1.16. The van der Waals surface area contributed by atoms with Crippen molar-refractivity contribution >= 4 is 11.8 Å². The van der Waals surface area contributed by atoms with Crippen LogP contribution in [0.3, 0.4) is 0 Å². The van der Waals surface area contributed by atoms with Crippen LogP contribution in [0.25, 0.3) is 11.7 Å². The smallest absolute Gasteiger partial charge is 0.283 e. The predicted octanol–water partition coefficient (Wildman–Crippen LogP) is 2.47. The Morgan fingerprint density at radius 2 is 1.86 bits per heavy atom. The first-order valence-electron chi connectivity index (χ1n) is 9.19. The van der Waals surface area contributed by atoms with E-state index in [9.17, 15) is 9.59 Å². The number of hydrogen-bond acceptors (Lipinski definition) is 6. The molecule has 3 aromatic rings. The van der Waals surface area contributed by atoms with Crippen molar-refractivity contribution in [3.63, 3.8) is 0 Å². The van der Waals surface area contributed by atoms with Crippen molar-refractivity contribution < 1.29 is 18.4 Å².